The highest BCUT2D eigenvalue weighted by molar-refractivity contribution is 6.31. The lowest BCUT2D eigenvalue weighted by Crippen LogP contribution is -1.99. The summed E-state index contributed by atoms with van der Waals surface area (Å²) < 4.78 is 6.96. The predicted molar refractivity (Wildman–Crippen MR) is 61.5 cm³/mol. The molecule has 0 aliphatic rings. The molecule has 0 radical (unpaired) electrons. The van der Waals surface area contributed by atoms with E-state index < -0.39 is 5.97 Å². The summed E-state index contributed by atoms with van der Waals surface area (Å²) in [5, 5.41) is 13.6. The molecule has 0 bridgehead atoms. The van der Waals surface area contributed by atoms with Crippen LogP contribution >= 0.6 is 11.6 Å². The number of hydrogen-bond donors (Lipinski definition) is 1. The van der Waals surface area contributed by atoms with Crippen molar-refractivity contribution in [2.45, 2.75) is 20.4 Å². The van der Waals surface area contributed by atoms with Crippen molar-refractivity contribution in [2.75, 3.05) is 0 Å². The van der Waals surface area contributed by atoms with E-state index in [9.17, 15) is 4.79 Å². The van der Waals surface area contributed by atoms with Crippen LogP contribution in [0.1, 0.15) is 27.6 Å². The SMILES string of the molecule is Cc1nn(Cc2cc(C(=O)O)c(C)o2)cc1Cl. The van der Waals surface area contributed by atoms with E-state index in [1.165, 1.54) is 6.07 Å². The summed E-state index contributed by atoms with van der Waals surface area (Å²) in [6.45, 7) is 3.78. The van der Waals surface area contributed by atoms with Crippen LogP contribution in [-0.2, 0) is 6.54 Å². The van der Waals surface area contributed by atoms with Crippen molar-refractivity contribution in [3.05, 3.63) is 40.1 Å². The minimum atomic E-state index is -0.993. The predicted octanol–water partition coefficient (Wildman–Crippen LogP) is 2.49. The van der Waals surface area contributed by atoms with Crippen LogP contribution < -0.4 is 0 Å². The topological polar surface area (TPSA) is 68.3 Å². The average molecular weight is 255 g/mol. The molecule has 5 nitrogen and oxygen atoms in total. The molecule has 1 N–H and O–H groups in total. The van der Waals surface area contributed by atoms with Crippen LogP contribution in [0.15, 0.2) is 16.7 Å². The molecule has 0 unspecified atom stereocenters. The van der Waals surface area contributed by atoms with Crippen molar-refractivity contribution < 1.29 is 14.3 Å². The van der Waals surface area contributed by atoms with E-state index in [0.717, 1.165) is 5.69 Å². The molecule has 0 saturated heterocycles. The molecule has 0 spiro atoms. The van der Waals surface area contributed by atoms with E-state index in [1.807, 2.05) is 0 Å². The first kappa shape index (κ1) is 11.7. The molecule has 0 fully saturated rings. The molecular weight excluding hydrogens is 244 g/mol. The molecule has 2 aromatic heterocycles. The molecule has 0 aliphatic heterocycles. The highest BCUT2D eigenvalue weighted by Gasteiger charge is 2.14. The van der Waals surface area contributed by atoms with Gasteiger partial charge in [-0.25, -0.2) is 4.79 Å². The lowest BCUT2D eigenvalue weighted by molar-refractivity contribution is 0.0695. The maximum absolute atomic E-state index is 10.8. The summed E-state index contributed by atoms with van der Waals surface area (Å²) in [6.07, 6.45) is 1.68. The van der Waals surface area contributed by atoms with E-state index in [2.05, 4.69) is 5.10 Å². The molecule has 17 heavy (non-hydrogen) atoms. The molecule has 2 heterocycles. The fourth-order valence-electron chi connectivity index (χ4n) is 1.57. The van der Waals surface area contributed by atoms with E-state index in [0.29, 0.717) is 23.1 Å². The number of carboxylic acid groups (broad SMARTS) is 1. The quantitative estimate of drug-likeness (QED) is 0.914. The second kappa shape index (κ2) is 4.25. The molecule has 0 aliphatic carbocycles. The molecule has 2 aromatic rings. The zero-order valence-electron chi connectivity index (χ0n) is 9.40. The number of aryl methyl sites for hydroxylation is 2. The van der Waals surface area contributed by atoms with Gasteiger partial charge in [0.05, 0.1) is 17.3 Å². The van der Waals surface area contributed by atoms with Crippen molar-refractivity contribution in [1.82, 2.24) is 9.78 Å². The fraction of sp³-hybridized carbons (Fsp3) is 0.273. The second-order valence-electron chi connectivity index (χ2n) is 3.75. The third-order valence-corrected chi connectivity index (χ3v) is 2.77. The number of carboxylic acids is 1. The maximum atomic E-state index is 10.8. The fourth-order valence-corrected chi connectivity index (χ4v) is 1.72. The highest BCUT2D eigenvalue weighted by Crippen LogP contribution is 2.17. The summed E-state index contributed by atoms with van der Waals surface area (Å²) >= 11 is 5.87. The first-order valence-electron chi connectivity index (χ1n) is 4.99. The monoisotopic (exact) mass is 254 g/mol. The number of nitrogens with zero attached hydrogens (tertiary/aromatic N) is 2. The molecule has 0 atom stereocenters. The van der Waals surface area contributed by atoms with Crippen LogP contribution in [-0.4, -0.2) is 20.9 Å². The minimum absolute atomic E-state index is 0.176. The number of carbonyl (C=O) groups is 1. The van der Waals surface area contributed by atoms with Gasteiger partial charge in [0.25, 0.3) is 0 Å². The van der Waals surface area contributed by atoms with Gasteiger partial charge in [0.2, 0.25) is 0 Å². The van der Waals surface area contributed by atoms with E-state index >= 15 is 0 Å². The Balaban J connectivity index is 2.24. The maximum Gasteiger partial charge on any atom is 0.339 e. The summed E-state index contributed by atoms with van der Waals surface area (Å²) in [5.74, 6) is -0.0614. The number of aromatic nitrogens is 2. The summed E-state index contributed by atoms with van der Waals surface area (Å²) in [5.41, 5.74) is 0.906. The van der Waals surface area contributed by atoms with Gasteiger partial charge in [-0.1, -0.05) is 11.6 Å². The van der Waals surface area contributed by atoms with Crippen LogP contribution in [0.25, 0.3) is 0 Å². The first-order valence-corrected chi connectivity index (χ1v) is 5.37. The standard InChI is InChI=1S/C11H11ClN2O3/c1-6-10(12)5-14(13-6)4-8-3-9(11(15)16)7(2)17-8/h3,5H,4H2,1-2H3,(H,15,16). The largest absolute Gasteiger partial charge is 0.478 e. The Bertz CT molecular complexity index is 552. The van der Waals surface area contributed by atoms with E-state index in [-0.39, 0.29) is 5.56 Å². The first-order chi connectivity index (χ1) is 7.97. The van der Waals surface area contributed by atoms with Gasteiger partial charge in [-0.3, -0.25) is 4.68 Å². The Morgan fingerprint density at radius 3 is 2.76 bits per heavy atom. The number of furan rings is 1. The molecule has 0 saturated carbocycles. The lowest BCUT2D eigenvalue weighted by atomic mass is 10.2. The van der Waals surface area contributed by atoms with Crippen LogP contribution in [0.2, 0.25) is 5.02 Å². The van der Waals surface area contributed by atoms with Gasteiger partial charge < -0.3 is 9.52 Å². The zero-order valence-corrected chi connectivity index (χ0v) is 10.2. The van der Waals surface area contributed by atoms with Crippen molar-refractivity contribution in [3.63, 3.8) is 0 Å². The van der Waals surface area contributed by atoms with Gasteiger partial charge in [-0.15, -0.1) is 0 Å². The summed E-state index contributed by atoms with van der Waals surface area (Å²) in [6, 6.07) is 1.50. The third kappa shape index (κ3) is 2.34. The highest BCUT2D eigenvalue weighted by atomic mass is 35.5. The third-order valence-electron chi connectivity index (χ3n) is 2.40. The van der Waals surface area contributed by atoms with Gasteiger partial charge in [-0.2, -0.15) is 5.10 Å². The van der Waals surface area contributed by atoms with Crippen molar-refractivity contribution in [2.24, 2.45) is 0 Å². The molecule has 2 rings (SSSR count). The van der Waals surface area contributed by atoms with Crippen molar-refractivity contribution in [1.29, 1.82) is 0 Å². The van der Waals surface area contributed by atoms with Crippen LogP contribution in [0, 0.1) is 13.8 Å². The number of aromatic carboxylic acids is 1. The Morgan fingerprint density at radius 1 is 1.59 bits per heavy atom. The van der Waals surface area contributed by atoms with Crippen molar-refractivity contribution in [3.8, 4) is 0 Å². The Morgan fingerprint density at radius 2 is 2.29 bits per heavy atom. The van der Waals surface area contributed by atoms with Gasteiger partial charge in [0.15, 0.2) is 0 Å². The van der Waals surface area contributed by atoms with E-state index in [1.54, 1.807) is 24.7 Å². The Hall–Kier alpha value is -1.75. The van der Waals surface area contributed by atoms with Gasteiger partial charge in [0, 0.05) is 6.20 Å². The Kier molecular flexibility index (Phi) is 2.93. The lowest BCUT2D eigenvalue weighted by Gasteiger charge is -1.96. The smallest absolute Gasteiger partial charge is 0.339 e. The number of halogens is 1. The summed E-state index contributed by atoms with van der Waals surface area (Å²) in [4.78, 5) is 10.8. The van der Waals surface area contributed by atoms with Crippen LogP contribution in [0.4, 0.5) is 0 Å². The second-order valence-corrected chi connectivity index (χ2v) is 4.15. The Labute approximate surface area is 103 Å². The molecule has 0 amide bonds. The average Bonchev–Trinajstić information content (AvgIpc) is 2.72. The van der Waals surface area contributed by atoms with Crippen LogP contribution in [0.3, 0.4) is 0 Å². The van der Waals surface area contributed by atoms with Gasteiger partial charge >= 0.3 is 5.97 Å². The molecule has 90 valence electrons. The molecular formula is C11H11ClN2O3. The van der Waals surface area contributed by atoms with Crippen LogP contribution in [0.5, 0.6) is 0 Å². The zero-order chi connectivity index (χ0) is 12.6. The minimum Gasteiger partial charge on any atom is -0.478 e. The number of hydrogen-bond acceptors (Lipinski definition) is 3. The van der Waals surface area contributed by atoms with Crippen molar-refractivity contribution >= 4 is 17.6 Å². The summed E-state index contributed by atoms with van der Waals surface area (Å²) in [7, 11) is 0. The van der Waals surface area contributed by atoms with Gasteiger partial charge in [-0.05, 0) is 19.9 Å². The molecule has 6 heteroatoms. The normalized spacial score (nSPS) is 10.8. The van der Waals surface area contributed by atoms with Gasteiger partial charge in [0.1, 0.15) is 17.1 Å². The van der Waals surface area contributed by atoms with E-state index in [4.69, 9.17) is 21.1 Å². The molecule has 0 aromatic carbocycles. The number of rotatable bonds is 3.